The Balaban J connectivity index is 1.75. The number of hydrogen-bond donors (Lipinski definition) is 1. The van der Waals surface area contributed by atoms with Gasteiger partial charge in [-0.15, -0.1) is 0 Å². The lowest BCUT2D eigenvalue weighted by molar-refractivity contribution is -0.384. The fourth-order valence-corrected chi connectivity index (χ4v) is 2.29. The van der Waals surface area contributed by atoms with Crippen molar-refractivity contribution in [3.8, 4) is 5.75 Å². The number of Topliss-reactive ketones (excluding diaryl/α,β-unsaturated/α-hetero) is 1. The maximum atomic E-state index is 12.1. The molecule has 1 N–H and O–H groups in total. The average molecular weight is 386 g/mol. The Hall–Kier alpha value is -3.75. The smallest absolute Gasteiger partial charge is 0.308 e. The standard InChI is InChI=1S/C19H18N2O7/c1-27-17-5-3-2-4-15(17)16(22)12-28-18(23)10-11-20-19(24)13-6-8-14(9-7-13)21(25)26/h2-9H,10-12H2,1H3,(H,20,24). The highest BCUT2D eigenvalue weighted by molar-refractivity contribution is 6.00. The van der Waals surface area contributed by atoms with E-state index in [-0.39, 0.29) is 24.2 Å². The number of esters is 1. The Bertz CT molecular complexity index is 878. The van der Waals surface area contributed by atoms with Crippen LogP contribution in [0.4, 0.5) is 5.69 Å². The molecule has 2 rings (SSSR count). The summed E-state index contributed by atoms with van der Waals surface area (Å²) < 4.78 is 10.00. The minimum atomic E-state index is -0.646. The maximum Gasteiger partial charge on any atom is 0.308 e. The predicted molar refractivity (Wildman–Crippen MR) is 98.3 cm³/mol. The van der Waals surface area contributed by atoms with Crippen LogP contribution in [-0.4, -0.2) is 42.8 Å². The number of benzene rings is 2. The van der Waals surface area contributed by atoms with E-state index in [1.165, 1.54) is 31.4 Å². The van der Waals surface area contributed by atoms with Crippen molar-refractivity contribution >= 4 is 23.3 Å². The molecule has 2 aromatic carbocycles. The van der Waals surface area contributed by atoms with Gasteiger partial charge in [-0.05, 0) is 24.3 Å². The van der Waals surface area contributed by atoms with Gasteiger partial charge in [0.25, 0.3) is 11.6 Å². The first kappa shape index (κ1) is 20.6. The van der Waals surface area contributed by atoms with Crippen molar-refractivity contribution in [2.75, 3.05) is 20.3 Å². The molecule has 0 fully saturated rings. The summed E-state index contributed by atoms with van der Waals surface area (Å²) >= 11 is 0. The van der Waals surface area contributed by atoms with E-state index in [0.29, 0.717) is 11.3 Å². The van der Waals surface area contributed by atoms with Gasteiger partial charge in [-0.25, -0.2) is 0 Å². The monoisotopic (exact) mass is 386 g/mol. The number of methoxy groups -OCH3 is 1. The molecule has 0 heterocycles. The third-order valence-electron chi connectivity index (χ3n) is 3.73. The van der Waals surface area contributed by atoms with Gasteiger partial charge < -0.3 is 14.8 Å². The van der Waals surface area contributed by atoms with Crippen LogP contribution < -0.4 is 10.1 Å². The Morgan fingerprint density at radius 3 is 2.39 bits per heavy atom. The van der Waals surface area contributed by atoms with Crippen LogP contribution >= 0.6 is 0 Å². The first-order valence-corrected chi connectivity index (χ1v) is 8.27. The zero-order chi connectivity index (χ0) is 20.5. The van der Waals surface area contributed by atoms with E-state index >= 15 is 0 Å². The third kappa shape index (κ3) is 5.63. The van der Waals surface area contributed by atoms with Crippen molar-refractivity contribution in [1.29, 1.82) is 0 Å². The second-order valence-electron chi connectivity index (χ2n) is 5.59. The first-order chi connectivity index (χ1) is 13.4. The van der Waals surface area contributed by atoms with Gasteiger partial charge in [-0.3, -0.25) is 24.5 Å². The molecule has 0 aliphatic carbocycles. The van der Waals surface area contributed by atoms with Crippen LogP contribution in [0.5, 0.6) is 5.75 Å². The van der Waals surface area contributed by atoms with E-state index in [4.69, 9.17) is 9.47 Å². The quantitative estimate of drug-likeness (QED) is 0.303. The van der Waals surface area contributed by atoms with Crippen molar-refractivity contribution in [3.05, 3.63) is 69.8 Å². The fourth-order valence-electron chi connectivity index (χ4n) is 2.29. The van der Waals surface area contributed by atoms with Gasteiger partial charge >= 0.3 is 5.97 Å². The number of nitrogens with one attached hydrogen (secondary N) is 1. The van der Waals surface area contributed by atoms with Crippen LogP contribution in [0.25, 0.3) is 0 Å². The van der Waals surface area contributed by atoms with Crippen LogP contribution in [0.3, 0.4) is 0 Å². The van der Waals surface area contributed by atoms with E-state index in [2.05, 4.69) is 5.32 Å². The molecule has 146 valence electrons. The molecular weight excluding hydrogens is 368 g/mol. The number of nitro groups is 1. The Morgan fingerprint density at radius 1 is 1.07 bits per heavy atom. The zero-order valence-electron chi connectivity index (χ0n) is 15.0. The molecule has 9 heteroatoms. The molecule has 0 aliphatic heterocycles. The lowest BCUT2D eigenvalue weighted by Crippen LogP contribution is -2.27. The molecule has 0 aromatic heterocycles. The summed E-state index contributed by atoms with van der Waals surface area (Å²) in [6.45, 7) is -0.437. The van der Waals surface area contributed by atoms with Crippen LogP contribution in [0.1, 0.15) is 27.1 Å². The van der Waals surface area contributed by atoms with Crippen molar-refractivity contribution in [2.45, 2.75) is 6.42 Å². The second kappa shape index (κ2) is 9.81. The van der Waals surface area contributed by atoms with E-state index < -0.39 is 29.2 Å². The molecular formula is C19H18N2O7. The van der Waals surface area contributed by atoms with E-state index in [1.54, 1.807) is 24.3 Å². The Morgan fingerprint density at radius 2 is 1.75 bits per heavy atom. The average Bonchev–Trinajstić information content (AvgIpc) is 2.71. The van der Waals surface area contributed by atoms with Gasteiger partial charge in [0.05, 0.1) is 24.0 Å². The fraction of sp³-hybridized carbons (Fsp3) is 0.211. The van der Waals surface area contributed by atoms with Gasteiger partial charge in [-0.2, -0.15) is 0 Å². The van der Waals surface area contributed by atoms with Gasteiger partial charge in [-0.1, -0.05) is 12.1 Å². The topological polar surface area (TPSA) is 125 Å². The van der Waals surface area contributed by atoms with Crippen LogP contribution in [0, 0.1) is 10.1 Å². The van der Waals surface area contributed by atoms with Gasteiger partial charge in [0.2, 0.25) is 5.78 Å². The highest BCUT2D eigenvalue weighted by atomic mass is 16.6. The molecule has 28 heavy (non-hydrogen) atoms. The number of ketones is 1. The largest absolute Gasteiger partial charge is 0.496 e. The highest BCUT2D eigenvalue weighted by Crippen LogP contribution is 2.17. The lowest BCUT2D eigenvalue weighted by Gasteiger charge is -2.08. The number of non-ortho nitro benzene ring substituents is 1. The van der Waals surface area contributed by atoms with Crippen molar-refractivity contribution in [2.24, 2.45) is 0 Å². The molecule has 9 nitrogen and oxygen atoms in total. The van der Waals surface area contributed by atoms with Crippen molar-refractivity contribution < 1.29 is 28.8 Å². The third-order valence-corrected chi connectivity index (χ3v) is 3.73. The Kier molecular flexibility index (Phi) is 7.21. The summed E-state index contributed by atoms with van der Waals surface area (Å²) in [5.41, 5.74) is 0.412. The number of nitro benzene ring substituents is 1. The van der Waals surface area contributed by atoms with Gasteiger partial charge in [0.1, 0.15) is 5.75 Å². The van der Waals surface area contributed by atoms with E-state index in [0.717, 1.165) is 0 Å². The Labute approximate surface area is 160 Å². The molecule has 1 amide bonds. The minimum absolute atomic E-state index is 0.00248. The second-order valence-corrected chi connectivity index (χ2v) is 5.59. The first-order valence-electron chi connectivity index (χ1n) is 8.27. The number of rotatable bonds is 9. The summed E-state index contributed by atoms with van der Waals surface area (Å²) in [6, 6.07) is 11.7. The summed E-state index contributed by atoms with van der Waals surface area (Å²) in [6.07, 6.45) is -0.127. The number of carbonyl (C=O) groups is 3. The van der Waals surface area contributed by atoms with E-state index in [1.807, 2.05) is 0 Å². The molecule has 0 atom stereocenters. The molecule has 2 aromatic rings. The summed E-state index contributed by atoms with van der Waals surface area (Å²) in [5, 5.41) is 13.1. The predicted octanol–water partition coefficient (Wildman–Crippen LogP) is 2.15. The normalized spacial score (nSPS) is 10.0. The van der Waals surface area contributed by atoms with Crippen LogP contribution in [-0.2, 0) is 9.53 Å². The lowest BCUT2D eigenvalue weighted by atomic mass is 10.1. The minimum Gasteiger partial charge on any atom is -0.496 e. The highest BCUT2D eigenvalue weighted by Gasteiger charge is 2.14. The van der Waals surface area contributed by atoms with Crippen LogP contribution in [0.2, 0.25) is 0 Å². The molecule has 0 saturated heterocycles. The summed E-state index contributed by atoms with van der Waals surface area (Å²) in [4.78, 5) is 45.8. The van der Waals surface area contributed by atoms with Gasteiger partial charge in [0.15, 0.2) is 6.61 Å². The van der Waals surface area contributed by atoms with E-state index in [9.17, 15) is 24.5 Å². The number of ether oxygens (including phenoxy) is 2. The molecule has 0 unspecified atom stereocenters. The maximum absolute atomic E-state index is 12.1. The summed E-state index contributed by atoms with van der Waals surface area (Å²) in [5.74, 6) is -1.14. The van der Waals surface area contributed by atoms with Gasteiger partial charge in [0, 0.05) is 24.2 Å². The molecule has 0 aliphatic rings. The zero-order valence-corrected chi connectivity index (χ0v) is 15.0. The molecule has 0 saturated carbocycles. The van der Waals surface area contributed by atoms with Crippen LogP contribution in [0.15, 0.2) is 48.5 Å². The number of nitrogens with zero attached hydrogens (tertiary/aromatic N) is 1. The summed E-state index contributed by atoms with van der Waals surface area (Å²) in [7, 11) is 1.44. The number of para-hydroxylation sites is 1. The van der Waals surface area contributed by atoms with Crippen molar-refractivity contribution in [1.82, 2.24) is 5.32 Å². The number of hydrogen-bond acceptors (Lipinski definition) is 7. The number of carbonyl (C=O) groups excluding carboxylic acids is 3. The molecule has 0 bridgehead atoms. The molecule has 0 radical (unpaired) electrons. The molecule has 0 spiro atoms. The SMILES string of the molecule is COc1ccccc1C(=O)COC(=O)CCNC(=O)c1ccc([N+](=O)[O-])cc1. The van der Waals surface area contributed by atoms with Crippen molar-refractivity contribution in [3.63, 3.8) is 0 Å². The number of amides is 1.